The first kappa shape index (κ1) is 20.5. The lowest BCUT2D eigenvalue weighted by molar-refractivity contribution is -0.386. The minimum Gasteiger partial charge on any atom is -0.474 e. The molecule has 2 unspecified atom stereocenters. The van der Waals surface area contributed by atoms with Crippen LogP contribution in [0.1, 0.15) is 19.8 Å². The standard InChI is InChI=1S/C15H20ClN3O4.ClH/c1-10(15(20)18-7-3-4-12(9-18)17-2)23-14-6-5-11(16)8-13(14)19(21)22;/h5-6,8,10,12,17H,3-4,7,9H2,1-2H3;1H. The minimum absolute atomic E-state index is 0. The largest absolute Gasteiger partial charge is 0.474 e. The zero-order chi connectivity index (χ0) is 17.0. The topological polar surface area (TPSA) is 84.7 Å². The van der Waals surface area contributed by atoms with Gasteiger partial charge in [-0.25, -0.2) is 0 Å². The van der Waals surface area contributed by atoms with E-state index in [1.807, 2.05) is 7.05 Å². The molecule has 1 fully saturated rings. The Morgan fingerprint density at radius 3 is 2.88 bits per heavy atom. The van der Waals surface area contributed by atoms with E-state index in [-0.39, 0.29) is 40.8 Å². The van der Waals surface area contributed by atoms with Crippen LogP contribution in [0.15, 0.2) is 18.2 Å². The number of halogens is 2. The van der Waals surface area contributed by atoms with Crippen LogP contribution in [-0.2, 0) is 4.79 Å². The lowest BCUT2D eigenvalue weighted by Crippen LogP contribution is -2.50. The highest BCUT2D eigenvalue weighted by molar-refractivity contribution is 6.30. The molecule has 1 aromatic rings. The van der Waals surface area contributed by atoms with Crippen LogP contribution >= 0.6 is 24.0 Å². The third-order valence-electron chi connectivity index (χ3n) is 3.91. The summed E-state index contributed by atoms with van der Waals surface area (Å²) in [4.78, 5) is 24.7. The van der Waals surface area contributed by atoms with E-state index in [0.717, 1.165) is 12.8 Å². The highest BCUT2D eigenvalue weighted by atomic mass is 35.5. The number of amides is 1. The van der Waals surface area contributed by atoms with Crippen molar-refractivity contribution in [3.8, 4) is 5.75 Å². The number of nitrogens with one attached hydrogen (secondary N) is 1. The molecule has 1 aromatic carbocycles. The summed E-state index contributed by atoms with van der Waals surface area (Å²) >= 11 is 5.77. The molecule has 1 saturated heterocycles. The first-order valence-corrected chi connectivity index (χ1v) is 7.86. The lowest BCUT2D eigenvalue weighted by atomic mass is 10.1. The van der Waals surface area contributed by atoms with Gasteiger partial charge in [0.2, 0.25) is 0 Å². The first-order chi connectivity index (χ1) is 10.9. The number of hydrogen-bond acceptors (Lipinski definition) is 5. The number of carbonyl (C=O) groups excluding carboxylic acids is 1. The molecule has 0 aliphatic carbocycles. The van der Waals surface area contributed by atoms with E-state index >= 15 is 0 Å². The summed E-state index contributed by atoms with van der Waals surface area (Å²) < 4.78 is 5.53. The van der Waals surface area contributed by atoms with Gasteiger partial charge < -0.3 is 15.0 Å². The Balaban J connectivity index is 0.00000288. The number of likely N-dealkylation sites (tertiary alicyclic amines) is 1. The monoisotopic (exact) mass is 377 g/mol. The maximum absolute atomic E-state index is 12.5. The smallest absolute Gasteiger partial charge is 0.312 e. The van der Waals surface area contributed by atoms with E-state index in [1.165, 1.54) is 18.2 Å². The molecule has 2 rings (SSSR count). The molecule has 2 atom stereocenters. The van der Waals surface area contributed by atoms with Crippen LogP contribution in [-0.4, -0.2) is 48.0 Å². The van der Waals surface area contributed by atoms with Crippen molar-refractivity contribution >= 4 is 35.6 Å². The van der Waals surface area contributed by atoms with Crippen LogP contribution in [0.5, 0.6) is 5.75 Å². The summed E-state index contributed by atoms with van der Waals surface area (Å²) in [6.07, 6.45) is 1.15. The summed E-state index contributed by atoms with van der Waals surface area (Å²) in [5, 5.41) is 14.5. The van der Waals surface area contributed by atoms with Gasteiger partial charge in [-0.3, -0.25) is 14.9 Å². The van der Waals surface area contributed by atoms with Crippen LogP contribution in [0.4, 0.5) is 5.69 Å². The first-order valence-electron chi connectivity index (χ1n) is 7.49. The van der Waals surface area contributed by atoms with Gasteiger partial charge in [-0.15, -0.1) is 12.4 Å². The number of benzene rings is 1. The van der Waals surface area contributed by atoms with Crippen LogP contribution in [0.2, 0.25) is 5.02 Å². The van der Waals surface area contributed by atoms with E-state index < -0.39 is 11.0 Å². The molecular formula is C15H21Cl2N3O4. The van der Waals surface area contributed by atoms with Crippen molar-refractivity contribution in [2.24, 2.45) is 0 Å². The van der Waals surface area contributed by atoms with Crippen LogP contribution < -0.4 is 10.1 Å². The molecule has 1 aliphatic heterocycles. The van der Waals surface area contributed by atoms with Crippen LogP contribution in [0.3, 0.4) is 0 Å². The van der Waals surface area contributed by atoms with Gasteiger partial charge in [0.1, 0.15) is 0 Å². The number of piperidine rings is 1. The zero-order valence-corrected chi connectivity index (χ0v) is 15.1. The van der Waals surface area contributed by atoms with E-state index in [0.29, 0.717) is 13.1 Å². The van der Waals surface area contributed by atoms with Crippen molar-refractivity contribution in [2.45, 2.75) is 31.9 Å². The Morgan fingerprint density at radius 2 is 2.25 bits per heavy atom. The Hall–Kier alpha value is -1.57. The molecule has 7 nitrogen and oxygen atoms in total. The molecule has 9 heteroatoms. The van der Waals surface area contributed by atoms with Gasteiger partial charge in [0.25, 0.3) is 5.91 Å². The van der Waals surface area contributed by atoms with E-state index in [1.54, 1.807) is 11.8 Å². The molecule has 1 amide bonds. The van der Waals surface area contributed by atoms with Crippen molar-refractivity contribution in [3.05, 3.63) is 33.3 Å². The quantitative estimate of drug-likeness (QED) is 0.629. The normalized spacial score (nSPS) is 18.5. The summed E-state index contributed by atoms with van der Waals surface area (Å²) in [7, 11) is 1.87. The number of hydrogen-bond donors (Lipinski definition) is 1. The van der Waals surface area contributed by atoms with E-state index in [2.05, 4.69) is 5.32 Å². The average molecular weight is 378 g/mol. The molecule has 134 valence electrons. The fraction of sp³-hybridized carbons (Fsp3) is 0.533. The summed E-state index contributed by atoms with van der Waals surface area (Å²) in [5.41, 5.74) is -0.246. The van der Waals surface area contributed by atoms with Gasteiger partial charge in [-0.05, 0) is 38.9 Å². The van der Waals surface area contributed by atoms with Crippen molar-refractivity contribution in [1.29, 1.82) is 0 Å². The lowest BCUT2D eigenvalue weighted by Gasteiger charge is -2.34. The predicted octanol–water partition coefficient (Wildman–Crippen LogP) is 2.65. The Labute approximate surface area is 151 Å². The molecule has 1 N–H and O–H groups in total. The van der Waals surface area contributed by atoms with Gasteiger partial charge in [0.05, 0.1) is 4.92 Å². The fourth-order valence-corrected chi connectivity index (χ4v) is 2.81. The molecule has 1 aliphatic rings. The van der Waals surface area contributed by atoms with Crippen molar-refractivity contribution in [2.75, 3.05) is 20.1 Å². The van der Waals surface area contributed by atoms with Gasteiger partial charge in [-0.2, -0.15) is 0 Å². The molecule has 0 aromatic heterocycles. The second-order valence-electron chi connectivity index (χ2n) is 5.54. The molecule has 24 heavy (non-hydrogen) atoms. The molecule has 0 radical (unpaired) electrons. The van der Waals surface area contributed by atoms with Crippen molar-refractivity contribution < 1.29 is 14.5 Å². The average Bonchev–Trinajstić information content (AvgIpc) is 2.55. The number of nitro benzene ring substituents is 1. The number of rotatable bonds is 5. The maximum Gasteiger partial charge on any atom is 0.312 e. The fourth-order valence-electron chi connectivity index (χ4n) is 2.64. The SMILES string of the molecule is CNC1CCCN(C(=O)C(C)Oc2ccc(Cl)cc2[N+](=O)[O-])C1.Cl. The third kappa shape index (κ3) is 4.96. The highest BCUT2D eigenvalue weighted by Gasteiger charge is 2.28. The molecule has 1 heterocycles. The third-order valence-corrected chi connectivity index (χ3v) is 4.15. The number of nitrogens with zero attached hydrogens (tertiary/aromatic N) is 2. The van der Waals surface area contributed by atoms with Crippen molar-refractivity contribution in [3.63, 3.8) is 0 Å². The minimum atomic E-state index is -0.800. The maximum atomic E-state index is 12.5. The Bertz CT molecular complexity index is 600. The number of carbonyl (C=O) groups is 1. The molecular weight excluding hydrogens is 357 g/mol. The number of ether oxygens (including phenoxy) is 1. The van der Waals surface area contributed by atoms with Gasteiger partial charge in [0.15, 0.2) is 11.9 Å². The van der Waals surface area contributed by atoms with Crippen LogP contribution in [0, 0.1) is 10.1 Å². The van der Waals surface area contributed by atoms with E-state index in [9.17, 15) is 14.9 Å². The summed E-state index contributed by atoms with van der Waals surface area (Å²) in [6, 6.07) is 4.40. The predicted molar refractivity (Wildman–Crippen MR) is 94.1 cm³/mol. The zero-order valence-electron chi connectivity index (χ0n) is 13.5. The van der Waals surface area contributed by atoms with Gasteiger partial charge >= 0.3 is 5.69 Å². The molecule has 0 saturated carbocycles. The second-order valence-corrected chi connectivity index (χ2v) is 5.98. The summed E-state index contributed by atoms with van der Waals surface area (Å²) in [6.45, 7) is 2.89. The Morgan fingerprint density at radius 1 is 1.54 bits per heavy atom. The highest BCUT2D eigenvalue weighted by Crippen LogP contribution is 2.31. The van der Waals surface area contributed by atoms with Gasteiger partial charge in [0, 0.05) is 30.2 Å². The number of likely N-dealkylation sites (N-methyl/N-ethyl adjacent to an activating group) is 1. The van der Waals surface area contributed by atoms with Crippen molar-refractivity contribution in [1.82, 2.24) is 10.2 Å². The second kappa shape index (κ2) is 9.05. The molecule has 0 spiro atoms. The Kier molecular flexibility index (Phi) is 7.72. The van der Waals surface area contributed by atoms with E-state index in [4.69, 9.17) is 16.3 Å². The van der Waals surface area contributed by atoms with Crippen LogP contribution in [0.25, 0.3) is 0 Å². The molecule has 0 bridgehead atoms. The summed E-state index contributed by atoms with van der Waals surface area (Å²) in [5.74, 6) is -0.128. The number of nitro groups is 1. The van der Waals surface area contributed by atoms with Gasteiger partial charge in [-0.1, -0.05) is 11.6 Å².